The first kappa shape index (κ1) is 13.4. The van der Waals surface area contributed by atoms with Gasteiger partial charge in [0.15, 0.2) is 0 Å². The minimum Gasteiger partial charge on any atom is -0.305 e. The molecule has 3 fully saturated rings. The van der Waals surface area contributed by atoms with Crippen molar-refractivity contribution in [2.45, 2.75) is 70.5 Å². The number of piperidine rings is 1. The highest BCUT2D eigenvalue weighted by Gasteiger charge is 2.43. The molecule has 2 aliphatic heterocycles. The molecule has 0 aromatic heterocycles. The lowest BCUT2D eigenvalue weighted by Crippen LogP contribution is -2.58. The fourth-order valence-electron chi connectivity index (χ4n) is 4.31. The third-order valence-corrected chi connectivity index (χ3v) is 5.46. The van der Waals surface area contributed by atoms with Gasteiger partial charge in [-0.05, 0) is 57.9 Å². The molecule has 108 valence electrons. The first-order valence-electron chi connectivity index (χ1n) is 7.99. The Labute approximate surface area is 116 Å². The Hall–Kier alpha value is -0.610. The van der Waals surface area contributed by atoms with Crippen LogP contribution in [0.5, 0.6) is 0 Å². The van der Waals surface area contributed by atoms with Crippen LogP contribution in [0.25, 0.3) is 0 Å². The normalized spacial score (nSPS) is 43.2. The summed E-state index contributed by atoms with van der Waals surface area (Å²) in [5.74, 6) is 1.53. The fourth-order valence-corrected chi connectivity index (χ4v) is 4.31. The second kappa shape index (κ2) is 5.41. The molecule has 2 heterocycles. The molecular weight excluding hydrogens is 238 g/mol. The number of rotatable bonds is 2. The molecular formula is C15H27N3O. The average molecular weight is 265 g/mol. The zero-order valence-electron chi connectivity index (χ0n) is 12.2. The van der Waals surface area contributed by atoms with E-state index in [4.69, 9.17) is 0 Å². The molecule has 0 aromatic rings. The first-order chi connectivity index (χ1) is 9.16. The van der Waals surface area contributed by atoms with Crippen molar-refractivity contribution >= 4 is 5.91 Å². The van der Waals surface area contributed by atoms with Crippen molar-refractivity contribution in [3.05, 3.63) is 0 Å². The van der Waals surface area contributed by atoms with Crippen molar-refractivity contribution in [2.24, 2.45) is 11.8 Å². The topological polar surface area (TPSA) is 44.4 Å². The van der Waals surface area contributed by atoms with Gasteiger partial charge in [-0.15, -0.1) is 0 Å². The molecule has 2 N–H and O–H groups in total. The van der Waals surface area contributed by atoms with Crippen molar-refractivity contribution in [1.82, 2.24) is 15.8 Å². The molecule has 3 aliphatic rings. The van der Waals surface area contributed by atoms with E-state index in [2.05, 4.69) is 29.6 Å². The third-order valence-electron chi connectivity index (χ3n) is 5.46. The summed E-state index contributed by atoms with van der Waals surface area (Å²) in [5.41, 5.74) is 3.20. The van der Waals surface area contributed by atoms with Crippen molar-refractivity contribution in [3.63, 3.8) is 0 Å². The lowest BCUT2D eigenvalue weighted by atomic mass is 9.93. The molecule has 5 atom stereocenters. The van der Waals surface area contributed by atoms with Gasteiger partial charge in [0.1, 0.15) is 0 Å². The molecule has 0 aromatic carbocycles. The number of hydrazine groups is 1. The summed E-state index contributed by atoms with van der Waals surface area (Å²) in [6, 6.07) is 0.982. The summed E-state index contributed by atoms with van der Waals surface area (Å²) in [7, 11) is 0. The summed E-state index contributed by atoms with van der Waals surface area (Å²) >= 11 is 0. The van der Waals surface area contributed by atoms with Crippen molar-refractivity contribution in [1.29, 1.82) is 0 Å². The molecule has 4 nitrogen and oxygen atoms in total. The quantitative estimate of drug-likeness (QED) is 0.798. The van der Waals surface area contributed by atoms with E-state index in [1.807, 2.05) is 0 Å². The predicted molar refractivity (Wildman–Crippen MR) is 75.4 cm³/mol. The molecule has 2 saturated heterocycles. The maximum Gasteiger partial charge on any atom is 0.251 e. The van der Waals surface area contributed by atoms with Crippen molar-refractivity contribution in [2.75, 3.05) is 6.54 Å². The second-order valence-electron chi connectivity index (χ2n) is 6.75. The highest BCUT2D eigenvalue weighted by molar-refractivity contribution is 5.82. The Morgan fingerprint density at radius 2 is 1.79 bits per heavy atom. The first-order valence-corrected chi connectivity index (χ1v) is 7.99. The number of hydrogen-bond donors (Lipinski definition) is 2. The van der Waals surface area contributed by atoms with E-state index in [1.165, 1.54) is 38.5 Å². The van der Waals surface area contributed by atoms with E-state index >= 15 is 0 Å². The highest BCUT2D eigenvalue weighted by atomic mass is 16.2. The van der Waals surface area contributed by atoms with E-state index in [0.717, 1.165) is 12.5 Å². The van der Waals surface area contributed by atoms with Gasteiger partial charge in [-0.2, -0.15) is 0 Å². The number of nitrogens with zero attached hydrogens (tertiary/aromatic N) is 1. The van der Waals surface area contributed by atoms with Gasteiger partial charge < -0.3 is 5.32 Å². The maximum atomic E-state index is 12.5. The van der Waals surface area contributed by atoms with Gasteiger partial charge in [0.2, 0.25) is 0 Å². The summed E-state index contributed by atoms with van der Waals surface area (Å²) < 4.78 is 0. The maximum absolute atomic E-state index is 12.5. The molecule has 5 unspecified atom stereocenters. The summed E-state index contributed by atoms with van der Waals surface area (Å²) in [6.45, 7) is 5.47. The van der Waals surface area contributed by atoms with Crippen molar-refractivity contribution in [3.8, 4) is 0 Å². The molecule has 1 amide bonds. The van der Waals surface area contributed by atoms with E-state index in [9.17, 15) is 4.79 Å². The average Bonchev–Trinajstić information content (AvgIpc) is 2.95. The van der Waals surface area contributed by atoms with Crippen molar-refractivity contribution < 1.29 is 4.79 Å². The Kier molecular flexibility index (Phi) is 3.81. The van der Waals surface area contributed by atoms with Gasteiger partial charge in [0.25, 0.3) is 5.91 Å². The number of fused-ring (bicyclic) bond motifs is 1. The minimum absolute atomic E-state index is 0.0498. The van der Waals surface area contributed by atoms with Gasteiger partial charge in [0, 0.05) is 12.1 Å². The Morgan fingerprint density at radius 3 is 2.53 bits per heavy atom. The minimum atomic E-state index is 0.0498. The number of carbonyl (C=O) groups is 1. The number of nitrogens with one attached hydrogen (secondary N) is 2. The van der Waals surface area contributed by atoms with Crippen LogP contribution in [-0.2, 0) is 4.79 Å². The van der Waals surface area contributed by atoms with E-state index < -0.39 is 0 Å². The van der Waals surface area contributed by atoms with Crippen LogP contribution in [0.4, 0.5) is 0 Å². The van der Waals surface area contributed by atoms with Gasteiger partial charge in [0.05, 0.1) is 6.04 Å². The lowest BCUT2D eigenvalue weighted by Gasteiger charge is -2.39. The van der Waals surface area contributed by atoms with Gasteiger partial charge in [-0.3, -0.25) is 10.2 Å². The number of amides is 1. The predicted octanol–water partition coefficient (Wildman–Crippen LogP) is 1.67. The lowest BCUT2D eigenvalue weighted by molar-refractivity contribution is -0.132. The summed E-state index contributed by atoms with van der Waals surface area (Å²) in [6.07, 6.45) is 7.49. The summed E-state index contributed by atoms with van der Waals surface area (Å²) in [4.78, 5) is 12.5. The summed E-state index contributed by atoms with van der Waals surface area (Å²) in [5, 5.41) is 5.63. The van der Waals surface area contributed by atoms with Crippen LogP contribution in [-0.4, -0.2) is 35.6 Å². The van der Waals surface area contributed by atoms with Gasteiger partial charge >= 0.3 is 0 Å². The molecule has 0 spiro atoms. The van der Waals surface area contributed by atoms with Crippen LogP contribution in [0, 0.1) is 11.8 Å². The second-order valence-corrected chi connectivity index (χ2v) is 6.75. The van der Waals surface area contributed by atoms with Crippen LogP contribution >= 0.6 is 0 Å². The van der Waals surface area contributed by atoms with Crippen LogP contribution in [0.1, 0.15) is 52.4 Å². The largest absolute Gasteiger partial charge is 0.305 e. The monoisotopic (exact) mass is 265 g/mol. The zero-order valence-corrected chi connectivity index (χ0v) is 12.2. The SMILES string of the molecule is CC1CCCC(C)N1NC(=O)C1NCC2CCCC21. The smallest absolute Gasteiger partial charge is 0.251 e. The van der Waals surface area contributed by atoms with Crippen LogP contribution < -0.4 is 10.7 Å². The molecule has 19 heavy (non-hydrogen) atoms. The Morgan fingerprint density at radius 1 is 1.11 bits per heavy atom. The number of carbonyl (C=O) groups excluding carboxylic acids is 1. The van der Waals surface area contributed by atoms with Crippen LogP contribution in [0.15, 0.2) is 0 Å². The Balaban J connectivity index is 1.61. The highest BCUT2D eigenvalue weighted by Crippen LogP contribution is 2.37. The molecule has 4 heteroatoms. The molecule has 1 saturated carbocycles. The standard InChI is InChI=1S/C15H27N3O/c1-10-5-3-6-11(2)18(10)17-15(19)14-13-8-4-7-12(13)9-16-14/h10-14,16H,3-9H2,1-2H3,(H,17,19). The van der Waals surface area contributed by atoms with Gasteiger partial charge in [-0.1, -0.05) is 12.8 Å². The van der Waals surface area contributed by atoms with Crippen LogP contribution in [0.3, 0.4) is 0 Å². The van der Waals surface area contributed by atoms with E-state index in [1.54, 1.807) is 0 Å². The molecule has 0 bridgehead atoms. The fraction of sp³-hybridized carbons (Fsp3) is 0.933. The van der Waals surface area contributed by atoms with Crippen LogP contribution in [0.2, 0.25) is 0 Å². The molecule has 1 aliphatic carbocycles. The van der Waals surface area contributed by atoms with E-state index in [0.29, 0.717) is 18.0 Å². The molecule has 3 rings (SSSR count). The zero-order chi connectivity index (χ0) is 13.4. The Bertz CT molecular complexity index is 336. The third kappa shape index (κ3) is 2.52. The van der Waals surface area contributed by atoms with Gasteiger partial charge in [-0.25, -0.2) is 5.01 Å². The van der Waals surface area contributed by atoms with E-state index in [-0.39, 0.29) is 11.9 Å². The number of hydrogen-bond acceptors (Lipinski definition) is 3. The molecule has 0 radical (unpaired) electrons.